The van der Waals surface area contributed by atoms with Crippen LogP contribution in [-0.2, 0) is 6.42 Å². The molecule has 0 bridgehead atoms. The Bertz CT molecular complexity index is 696. The molecule has 4 heteroatoms. The Hall–Kier alpha value is -2.10. The first-order valence-corrected chi connectivity index (χ1v) is 8.91. The average Bonchev–Trinajstić information content (AvgIpc) is 2.91. The Kier molecular flexibility index (Phi) is 5.81. The minimum atomic E-state index is 0.161. The number of fused-ring (bicyclic) bond motifs is 1. The van der Waals surface area contributed by atoms with Gasteiger partial charge in [0.1, 0.15) is 0 Å². The van der Waals surface area contributed by atoms with Gasteiger partial charge < -0.3 is 4.90 Å². The highest BCUT2D eigenvalue weighted by Crippen LogP contribution is 2.23. The van der Waals surface area contributed by atoms with Gasteiger partial charge in [0, 0.05) is 24.8 Å². The fourth-order valence-corrected chi connectivity index (χ4v) is 2.96. The molecule has 0 spiro atoms. The van der Waals surface area contributed by atoms with Crippen molar-refractivity contribution in [3.8, 4) is 5.69 Å². The number of rotatable bonds is 3. The fraction of sp³-hybridized carbons (Fsp3) is 0.500. The van der Waals surface area contributed by atoms with E-state index in [-0.39, 0.29) is 5.91 Å². The molecule has 3 rings (SSSR count). The summed E-state index contributed by atoms with van der Waals surface area (Å²) in [4.78, 5) is 14.5. The van der Waals surface area contributed by atoms with E-state index in [0.717, 1.165) is 42.0 Å². The molecule has 1 aromatic heterocycles. The Morgan fingerprint density at radius 2 is 1.92 bits per heavy atom. The number of hydrogen-bond donors (Lipinski definition) is 0. The van der Waals surface area contributed by atoms with E-state index in [9.17, 15) is 4.79 Å². The van der Waals surface area contributed by atoms with Crippen molar-refractivity contribution in [2.75, 3.05) is 13.1 Å². The van der Waals surface area contributed by atoms with Crippen LogP contribution in [0, 0.1) is 19.8 Å². The van der Waals surface area contributed by atoms with Gasteiger partial charge in [-0.1, -0.05) is 27.7 Å². The van der Waals surface area contributed by atoms with Crippen molar-refractivity contribution in [3.05, 3.63) is 46.8 Å². The number of nitrogens with zero attached hydrogens (tertiary/aromatic N) is 3. The molecule has 2 aromatic rings. The maximum Gasteiger partial charge on any atom is 0.254 e. The largest absolute Gasteiger partial charge is 0.338 e. The predicted octanol–water partition coefficient (Wildman–Crippen LogP) is 4.17. The van der Waals surface area contributed by atoms with Crippen LogP contribution >= 0.6 is 0 Å². The second-order valence-corrected chi connectivity index (χ2v) is 6.58. The molecule has 0 unspecified atom stereocenters. The molecule has 0 saturated heterocycles. The van der Waals surface area contributed by atoms with Gasteiger partial charge in [0.15, 0.2) is 0 Å². The third kappa shape index (κ3) is 3.69. The Labute approximate surface area is 145 Å². The van der Waals surface area contributed by atoms with E-state index in [2.05, 4.69) is 31.9 Å². The van der Waals surface area contributed by atoms with Crippen molar-refractivity contribution in [1.82, 2.24) is 14.7 Å². The molecule has 0 aliphatic carbocycles. The molecule has 0 saturated carbocycles. The molecule has 130 valence electrons. The van der Waals surface area contributed by atoms with E-state index in [4.69, 9.17) is 0 Å². The quantitative estimate of drug-likeness (QED) is 0.848. The minimum absolute atomic E-state index is 0.161. The lowest BCUT2D eigenvalue weighted by Crippen LogP contribution is -2.39. The van der Waals surface area contributed by atoms with Gasteiger partial charge in [0.05, 0.1) is 11.4 Å². The summed E-state index contributed by atoms with van der Waals surface area (Å²) in [7, 11) is 0. The monoisotopic (exact) mass is 327 g/mol. The molecule has 0 atom stereocenters. The minimum Gasteiger partial charge on any atom is -0.338 e. The third-order valence-corrected chi connectivity index (χ3v) is 4.25. The smallest absolute Gasteiger partial charge is 0.254 e. The van der Waals surface area contributed by atoms with Crippen LogP contribution in [0.3, 0.4) is 0 Å². The molecule has 4 nitrogen and oxygen atoms in total. The van der Waals surface area contributed by atoms with E-state index in [1.165, 1.54) is 5.56 Å². The second kappa shape index (κ2) is 7.65. The van der Waals surface area contributed by atoms with Crippen LogP contribution in [0.5, 0.6) is 0 Å². The average molecular weight is 327 g/mol. The zero-order chi connectivity index (χ0) is 17.9. The molecule has 2 heterocycles. The van der Waals surface area contributed by atoms with Crippen LogP contribution in [0.1, 0.15) is 54.9 Å². The van der Waals surface area contributed by atoms with Crippen LogP contribution in [0.4, 0.5) is 0 Å². The molecule has 24 heavy (non-hydrogen) atoms. The molecular weight excluding hydrogens is 298 g/mol. The molecule has 0 N–H and O–H groups in total. The summed E-state index contributed by atoms with van der Waals surface area (Å²) in [6.07, 6.45) is 2.95. The Morgan fingerprint density at radius 1 is 1.21 bits per heavy atom. The number of amides is 1. The maximum absolute atomic E-state index is 12.6. The van der Waals surface area contributed by atoms with Crippen molar-refractivity contribution in [2.45, 2.75) is 48.0 Å². The van der Waals surface area contributed by atoms with Crippen molar-refractivity contribution < 1.29 is 4.79 Å². The molecule has 0 fully saturated rings. The Balaban J connectivity index is 0.00000100. The van der Waals surface area contributed by atoms with Gasteiger partial charge in [-0.05, 0) is 55.5 Å². The summed E-state index contributed by atoms with van der Waals surface area (Å²) in [5.41, 5.74) is 5.22. The van der Waals surface area contributed by atoms with Crippen molar-refractivity contribution in [1.29, 1.82) is 0 Å². The van der Waals surface area contributed by atoms with Crippen LogP contribution in [-0.4, -0.2) is 33.7 Å². The van der Waals surface area contributed by atoms with Gasteiger partial charge in [-0.3, -0.25) is 4.79 Å². The summed E-state index contributed by atoms with van der Waals surface area (Å²) in [6, 6.07) is 6.04. The topological polar surface area (TPSA) is 38.1 Å². The van der Waals surface area contributed by atoms with Crippen LogP contribution < -0.4 is 0 Å². The predicted molar refractivity (Wildman–Crippen MR) is 98.8 cm³/mol. The van der Waals surface area contributed by atoms with Gasteiger partial charge >= 0.3 is 0 Å². The molecule has 1 aliphatic heterocycles. The van der Waals surface area contributed by atoms with E-state index in [1.54, 1.807) is 0 Å². The molecule has 0 radical (unpaired) electrons. The third-order valence-electron chi connectivity index (χ3n) is 4.25. The van der Waals surface area contributed by atoms with E-state index in [0.29, 0.717) is 5.92 Å². The van der Waals surface area contributed by atoms with Gasteiger partial charge in [-0.2, -0.15) is 5.10 Å². The fourth-order valence-electron chi connectivity index (χ4n) is 2.96. The lowest BCUT2D eigenvalue weighted by atomic mass is 9.97. The van der Waals surface area contributed by atoms with Gasteiger partial charge in [-0.15, -0.1) is 0 Å². The first-order valence-electron chi connectivity index (χ1n) is 8.91. The highest BCUT2D eigenvalue weighted by Gasteiger charge is 2.25. The van der Waals surface area contributed by atoms with E-state index >= 15 is 0 Å². The van der Waals surface area contributed by atoms with Crippen LogP contribution in [0.15, 0.2) is 24.4 Å². The number of benzene rings is 1. The summed E-state index contributed by atoms with van der Waals surface area (Å²) in [5.74, 6) is 0.661. The molecule has 1 aliphatic rings. The van der Waals surface area contributed by atoms with Gasteiger partial charge in [0.2, 0.25) is 0 Å². The summed E-state index contributed by atoms with van der Waals surface area (Å²) in [5, 5.41) is 4.52. The number of carbonyl (C=O) groups is 1. The molecule has 1 aromatic carbocycles. The van der Waals surface area contributed by atoms with Crippen LogP contribution in [0.25, 0.3) is 5.69 Å². The van der Waals surface area contributed by atoms with Gasteiger partial charge in [-0.25, -0.2) is 4.68 Å². The highest BCUT2D eigenvalue weighted by molar-refractivity contribution is 5.97. The van der Waals surface area contributed by atoms with Crippen molar-refractivity contribution in [2.24, 2.45) is 5.92 Å². The molecule has 1 amide bonds. The van der Waals surface area contributed by atoms with E-state index < -0.39 is 0 Å². The number of aryl methyl sites for hydroxylation is 2. The normalized spacial score (nSPS) is 13.6. The number of aromatic nitrogens is 2. The number of hydrogen-bond acceptors (Lipinski definition) is 2. The lowest BCUT2D eigenvalue weighted by Gasteiger charge is -2.30. The SMILES string of the molecule is CC.Cc1cn(-c2ccc3c(c2)CCN(CC(C)C)C3=O)nc1C. The maximum atomic E-state index is 12.6. The second-order valence-electron chi connectivity index (χ2n) is 6.58. The number of carbonyl (C=O) groups excluding carboxylic acids is 1. The molecular formula is C20H29N3O. The first-order chi connectivity index (χ1) is 11.5. The van der Waals surface area contributed by atoms with E-state index in [1.807, 2.05) is 48.7 Å². The zero-order valence-electron chi connectivity index (χ0n) is 15.8. The summed E-state index contributed by atoms with van der Waals surface area (Å²) in [6.45, 7) is 14.0. The lowest BCUT2D eigenvalue weighted by molar-refractivity contribution is 0.0720. The summed E-state index contributed by atoms with van der Waals surface area (Å²) < 4.78 is 1.90. The summed E-state index contributed by atoms with van der Waals surface area (Å²) >= 11 is 0. The zero-order valence-corrected chi connectivity index (χ0v) is 15.8. The first kappa shape index (κ1) is 18.2. The van der Waals surface area contributed by atoms with Crippen molar-refractivity contribution >= 4 is 5.91 Å². The highest BCUT2D eigenvalue weighted by atomic mass is 16.2. The Morgan fingerprint density at radius 3 is 2.50 bits per heavy atom. The van der Waals surface area contributed by atoms with Crippen LogP contribution in [0.2, 0.25) is 0 Å². The van der Waals surface area contributed by atoms with Crippen molar-refractivity contribution in [3.63, 3.8) is 0 Å². The van der Waals surface area contributed by atoms with Gasteiger partial charge in [0.25, 0.3) is 5.91 Å². The standard InChI is InChI=1S/C18H23N3O.C2H6/c1-12(2)10-20-8-7-15-9-16(5-6-17(15)18(20)22)21-11-13(3)14(4)19-21;1-2/h5-6,9,11-12H,7-8,10H2,1-4H3;1-2H3.